The first-order valence-electron chi connectivity index (χ1n) is 8.91. The molecule has 1 N–H and O–H groups in total. The lowest BCUT2D eigenvalue weighted by Crippen LogP contribution is -2.30. The number of pyridine rings is 1. The van der Waals surface area contributed by atoms with E-state index < -0.39 is 0 Å². The smallest absolute Gasteiger partial charge is 0.170 e. The number of likely N-dealkylation sites (N-methyl/N-ethyl adjacent to an activating group) is 1. The first-order valence-corrected chi connectivity index (χ1v) is 9.32. The second-order valence-corrected chi connectivity index (χ2v) is 6.94. The van der Waals surface area contributed by atoms with Crippen LogP contribution in [0.2, 0.25) is 0 Å². The van der Waals surface area contributed by atoms with Crippen LogP contribution in [-0.4, -0.2) is 26.1 Å². The van der Waals surface area contributed by atoms with Gasteiger partial charge < -0.3 is 14.8 Å². The van der Waals surface area contributed by atoms with Gasteiger partial charge in [-0.25, -0.2) is 0 Å². The van der Waals surface area contributed by atoms with Crippen molar-refractivity contribution in [1.82, 2.24) is 19.8 Å². The molecular weight excluding hydrogens is 340 g/mol. The number of hydrogen-bond donors (Lipinski definition) is 1. The lowest BCUT2D eigenvalue weighted by molar-refractivity contribution is 0.321. The fourth-order valence-corrected chi connectivity index (χ4v) is 4.09. The summed E-state index contributed by atoms with van der Waals surface area (Å²) >= 11 is 5.63. The Bertz CT molecular complexity index is 919. The van der Waals surface area contributed by atoms with Crippen molar-refractivity contribution in [2.45, 2.75) is 25.9 Å². The maximum Gasteiger partial charge on any atom is 0.170 e. The van der Waals surface area contributed by atoms with Crippen molar-refractivity contribution in [2.75, 3.05) is 6.54 Å². The Morgan fingerprint density at radius 1 is 1.12 bits per heavy atom. The topological polar surface area (TPSA) is 33.1 Å². The third-order valence-electron chi connectivity index (χ3n) is 4.90. The Kier molecular flexibility index (Phi) is 4.47. The van der Waals surface area contributed by atoms with Gasteiger partial charge in [-0.15, -0.1) is 0 Å². The zero-order chi connectivity index (χ0) is 18.1. The van der Waals surface area contributed by atoms with Gasteiger partial charge in [0.15, 0.2) is 5.11 Å². The molecule has 0 bridgehead atoms. The summed E-state index contributed by atoms with van der Waals surface area (Å²) < 4.78 is 2.26. The van der Waals surface area contributed by atoms with Gasteiger partial charge in [-0.2, -0.15) is 0 Å². The zero-order valence-electron chi connectivity index (χ0n) is 15.0. The third-order valence-corrected chi connectivity index (χ3v) is 5.25. The highest BCUT2D eigenvalue weighted by atomic mass is 32.1. The molecule has 0 radical (unpaired) electrons. The minimum Gasteiger partial charge on any atom is -0.352 e. The van der Waals surface area contributed by atoms with Gasteiger partial charge in [0.05, 0.1) is 17.8 Å². The van der Waals surface area contributed by atoms with Crippen LogP contribution in [0, 0.1) is 6.92 Å². The summed E-state index contributed by atoms with van der Waals surface area (Å²) in [7, 11) is 0. The Balaban J connectivity index is 1.82. The minimum atomic E-state index is 0.0297. The summed E-state index contributed by atoms with van der Waals surface area (Å²) in [4.78, 5) is 6.83. The Morgan fingerprint density at radius 3 is 2.73 bits per heavy atom. The van der Waals surface area contributed by atoms with Crippen molar-refractivity contribution in [2.24, 2.45) is 0 Å². The molecule has 0 spiro atoms. The van der Waals surface area contributed by atoms with Crippen molar-refractivity contribution >= 4 is 17.3 Å². The van der Waals surface area contributed by atoms with E-state index in [1.165, 1.54) is 16.9 Å². The highest BCUT2D eigenvalue weighted by Gasteiger charge is 2.40. The molecule has 0 saturated carbocycles. The normalized spacial score (nSPS) is 19.6. The molecule has 0 aliphatic carbocycles. The summed E-state index contributed by atoms with van der Waals surface area (Å²) in [6.07, 6.45) is 3.96. The number of nitrogens with one attached hydrogen (secondary N) is 1. The van der Waals surface area contributed by atoms with E-state index in [0.29, 0.717) is 0 Å². The molecule has 0 amide bonds. The molecule has 1 aromatic carbocycles. The van der Waals surface area contributed by atoms with E-state index in [0.717, 1.165) is 17.4 Å². The lowest BCUT2D eigenvalue weighted by atomic mass is 10.0. The van der Waals surface area contributed by atoms with E-state index in [9.17, 15) is 0 Å². The number of thiocarbonyl (C=S) groups is 1. The lowest BCUT2D eigenvalue weighted by Gasteiger charge is -2.28. The van der Waals surface area contributed by atoms with Gasteiger partial charge in [0.1, 0.15) is 0 Å². The minimum absolute atomic E-state index is 0.0297. The van der Waals surface area contributed by atoms with Crippen LogP contribution in [0.1, 0.15) is 36.0 Å². The quantitative estimate of drug-likeness (QED) is 0.706. The standard InChI is InChI=1S/C21H22N4S/c1-3-24-20(19(23-21(24)26)17-10-4-5-12-22-17)18-11-7-13-25(18)16-9-6-8-15(2)14-16/h4-14,19-20H,3H2,1-2H3,(H,23,26)/t19-,20+/m0/s1. The second-order valence-electron chi connectivity index (χ2n) is 6.55. The second kappa shape index (κ2) is 6.92. The Labute approximate surface area is 159 Å². The van der Waals surface area contributed by atoms with Crippen molar-refractivity contribution in [3.05, 3.63) is 83.9 Å². The molecule has 4 rings (SSSR count). The van der Waals surface area contributed by atoms with Crippen LogP contribution in [0.5, 0.6) is 0 Å². The van der Waals surface area contributed by atoms with Crippen LogP contribution >= 0.6 is 12.2 Å². The van der Waals surface area contributed by atoms with Crippen molar-refractivity contribution < 1.29 is 0 Å². The van der Waals surface area contributed by atoms with E-state index in [1.807, 2.05) is 18.3 Å². The molecule has 5 heteroatoms. The van der Waals surface area contributed by atoms with Gasteiger partial charge in [0, 0.05) is 30.3 Å². The van der Waals surface area contributed by atoms with Gasteiger partial charge in [-0.05, 0) is 68.0 Å². The van der Waals surface area contributed by atoms with Crippen LogP contribution < -0.4 is 5.32 Å². The molecule has 1 fully saturated rings. The van der Waals surface area contributed by atoms with Crippen LogP contribution in [0.4, 0.5) is 0 Å². The van der Waals surface area contributed by atoms with Crippen LogP contribution in [0.15, 0.2) is 67.0 Å². The molecule has 3 heterocycles. The molecular formula is C21H22N4S. The summed E-state index contributed by atoms with van der Waals surface area (Å²) in [6.45, 7) is 5.11. The van der Waals surface area contributed by atoms with Crippen molar-refractivity contribution in [3.8, 4) is 5.69 Å². The van der Waals surface area contributed by atoms with Gasteiger partial charge in [0.2, 0.25) is 0 Å². The predicted molar refractivity (Wildman–Crippen MR) is 108 cm³/mol. The number of aryl methyl sites for hydroxylation is 1. The van der Waals surface area contributed by atoms with Crippen molar-refractivity contribution in [1.29, 1.82) is 0 Å². The van der Waals surface area contributed by atoms with E-state index in [-0.39, 0.29) is 12.1 Å². The molecule has 2 aromatic heterocycles. The van der Waals surface area contributed by atoms with Crippen LogP contribution in [-0.2, 0) is 0 Å². The number of aromatic nitrogens is 2. The molecule has 0 unspecified atom stereocenters. The number of benzene rings is 1. The Morgan fingerprint density at radius 2 is 2.00 bits per heavy atom. The summed E-state index contributed by atoms with van der Waals surface area (Å²) in [6, 6.07) is 19.0. The molecule has 1 aliphatic rings. The molecule has 26 heavy (non-hydrogen) atoms. The van der Waals surface area contributed by atoms with Gasteiger partial charge in [-0.1, -0.05) is 18.2 Å². The predicted octanol–water partition coefficient (Wildman–Crippen LogP) is 4.17. The van der Waals surface area contributed by atoms with E-state index >= 15 is 0 Å². The average Bonchev–Trinajstić information content (AvgIpc) is 3.26. The van der Waals surface area contributed by atoms with Crippen LogP contribution in [0.25, 0.3) is 5.69 Å². The molecule has 1 aliphatic heterocycles. The number of hydrogen-bond acceptors (Lipinski definition) is 2. The van der Waals surface area contributed by atoms with E-state index in [4.69, 9.17) is 12.2 Å². The molecule has 3 aromatic rings. The van der Waals surface area contributed by atoms with Gasteiger partial charge in [-0.3, -0.25) is 4.98 Å². The maximum absolute atomic E-state index is 5.63. The highest BCUT2D eigenvalue weighted by molar-refractivity contribution is 7.80. The average molecular weight is 363 g/mol. The van der Waals surface area contributed by atoms with Gasteiger partial charge in [0.25, 0.3) is 0 Å². The molecule has 4 nitrogen and oxygen atoms in total. The number of nitrogens with zero attached hydrogens (tertiary/aromatic N) is 3. The first-order chi connectivity index (χ1) is 12.7. The SMILES string of the molecule is CCN1C(=S)N[C@@H](c2ccccn2)[C@H]1c1cccn1-c1cccc(C)c1. The summed E-state index contributed by atoms with van der Waals surface area (Å²) in [5.74, 6) is 0. The fourth-order valence-electron chi connectivity index (χ4n) is 3.72. The largest absolute Gasteiger partial charge is 0.352 e. The molecule has 2 atom stereocenters. The zero-order valence-corrected chi connectivity index (χ0v) is 15.8. The van der Waals surface area contributed by atoms with Gasteiger partial charge >= 0.3 is 0 Å². The van der Waals surface area contributed by atoms with E-state index in [1.54, 1.807) is 0 Å². The van der Waals surface area contributed by atoms with Crippen molar-refractivity contribution in [3.63, 3.8) is 0 Å². The third kappa shape index (κ3) is 2.88. The van der Waals surface area contributed by atoms with Crippen LogP contribution in [0.3, 0.4) is 0 Å². The highest BCUT2D eigenvalue weighted by Crippen LogP contribution is 2.39. The monoisotopic (exact) mass is 362 g/mol. The van der Waals surface area contributed by atoms with E-state index in [2.05, 4.69) is 82.3 Å². The molecule has 1 saturated heterocycles. The fraction of sp³-hybridized carbons (Fsp3) is 0.238. The maximum atomic E-state index is 5.63. The number of rotatable bonds is 4. The summed E-state index contributed by atoms with van der Waals surface area (Å²) in [5.41, 5.74) is 4.63. The first kappa shape index (κ1) is 16.8. The Hall–Kier alpha value is -2.66. The summed E-state index contributed by atoms with van der Waals surface area (Å²) in [5, 5.41) is 4.26. The molecule has 132 valence electrons.